The molecule has 0 spiro atoms. The monoisotopic (exact) mass is 385 g/mol. The zero-order chi connectivity index (χ0) is 20.2. The third-order valence-corrected chi connectivity index (χ3v) is 5.00. The maximum atomic E-state index is 12.2. The maximum absolute atomic E-state index is 12.2. The highest BCUT2D eigenvalue weighted by molar-refractivity contribution is 5.88. The molecule has 0 saturated carbocycles. The number of unbranched alkanes of at least 4 members (excludes halogenated alkanes) is 6. The van der Waals surface area contributed by atoms with E-state index >= 15 is 0 Å². The van der Waals surface area contributed by atoms with E-state index in [1.165, 1.54) is 0 Å². The first-order valence-electron chi connectivity index (χ1n) is 10.2. The number of carbonyl (C=O) groups is 2. The predicted molar refractivity (Wildman–Crippen MR) is 111 cm³/mol. The Morgan fingerprint density at radius 1 is 0.857 bits per heavy atom. The minimum Gasteiger partial charge on any atom is -0.480 e. The third-order valence-electron chi connectivity index (χ3n) is 5.00. The quantitative estimate of drug-likeness (QED) is 0.454. The van der Waals surface area contributed by atoms with Gasteiger partial charge in [-0.3, -0.25) is 4.79 Å². The summed E-state index contributed by atoms with van der Waals surface area (Å²) in [5, 5.41) is 23.0. The van der Waals surface area contributed by atoms with E-state index in [0.717, 1.165) is 61.3 Å². The first-order chi connectivity index (χ1) is 13.6. The summed E-state index contributed by atoms with van der Waals surface area (Å²) in [4.78, 5) is 23.8. The van der Waals surface area contributed by atoms with Gasteiger partial charge in [0.15, 0.2) is 0 Å². The fourth-order valence-corrected chi connectivity index (χ4v) is 3.44. The lowest BCUT2D eigenvalue weighted by Gasteiger charge is -2.16. The Balaban J connectivity index is 1.79. The first kappa shape index (κ1) is 21.9. The number of amides is 1. The molecule has 5 nitrogen and oxygen atoms in total. The molecule has 2 aromatic rings. The molecule has 1 amide bonds. The van der Waals surface area contributed by atoms with Crippen LogP contribution in [0.2, 0.25) is 0 Å². The molecule has 2 aromatic carbocycles. The minimum absolute atomic E-state index is 0.201. The van der Waals surface area contributed by atoms with Gasteiger partial charge in [0.05, 0.1) is 0 Å². The Morgan fingerprint density at radius 2 is 1.50 bits per heavy atom. The molecular formula is C23H31NO4. The zero-order valence-corrected chi connectivity index (χ0v) is 16.4. The number of hydrogen-bond donors (Lipinski definition) is 3. The molecule has 0 aliphatic rings. The van der Waals surface area contributed by atoms with Crippen molar-refractivity contribution in [3.05, 3.63) is 48.0 Å². The predicted octanol–water partition coefficient (Wildman–Crippen LogP) is 4.06. The van der Waals surface area contributed by atoms with E-state index in [2.05, 4.69) is 5.32 Å². The number of carboxylic acids is 1. The fourth-order valence-electron chi connectivity index (χ4n) is 3.44. The number of nitrogens with one attached hydrogen (secondary N) is 1. The summed E-state index contributed by atoms with van der Waals surface area (Å²) < 4.78 is 0. The Kier molecular flexibility index (Phi) is 9.49. The lowest BCUT2D eigenvalue weighted by molar-refractivity contribution is -0.141. The van der Waals surface area contributed by atoms with Gasteiger partial charge in [0.25, 0.3) is 0 Å². The average molecular weight is 386 g/mol. The van der Waals surface area contributed by atoms with E-state index in [-0.39, 0.29) is 18.9 Å². The largest absolute Gasteiger partial charge is 0.480 e. The zero-order valence-electron chi connectivity index (χ0n) is 16.4. The van der Waals surface area contributed by atoms with Gasteiger partial charge in [0.2, 0.25) is 5.91 Å². The topological polar surface area (TPSA) is 86.6 Å². The molecule has 0 aliphatic carbocycles. The summed E-state index contributed by atoms with van der Waals surface area (Å²) in [7, 11) is 0. The summed E-state index contributed by atoms with van der Waals surface area (Å²) >= 11 is 0. The second-order valence-corrected chi connectivity index (χ2v) is 7.25. The molecule has 0 unspecified atom stereocenters. The number of carbonyl (C=O) groups excluding carboxylic acids is 1. The normalized spacial score (nSPS) is 12.0. The molecule has 0 radical (unpaired) electrons. The Morgan fingerprint density at radius 3 is 2.21 bits per heavy atom. The Labute approximate surface area is 166 Å². The van der Waals surface area contributed by atoms with Crippen LogP contribution in [0.5, 0.6) is 0 Å². The number of benzene rings is 2. The number of carboxylic acid groups (broad SMARTS) is 1. The van der Waals surface area contributed by atoms with Gasteiger partial charge in [-0.2, -0.15) is 0 Å². The van der Waals surface area contributed by atoms with Gasteiger partial charge in [-0.1, -0.05) is 74.6 Å². The van der Waals surface area contributed by atoms with Crippen molar-refractivity contribution < 1.29 is 19.8 Å². The Hall–Kier alpha value is -2.40. The molecule has 2 rings (SSSR count). The standard InChI is InChI=1S/C23H31NO4/c25-16-9-5-3-1-2-4-6-15-22(26)24-21(23(27)28)17-19-13-10-12-18-11-7-8-14-20(18)19/h7-8,10-14,21,25H,1-6,9,15-17H2,(H,24,26)(H,27,28)/t21-/m0/s1. The van der Waals surface area contributed by atoms with E-state index in [9.17, 15) is 14.7 Å². The van der Waals surface area contributed by atoms with E-state index in [0.29, 0.717) is 6.42 Å². The summed E-state index contributed by atoms with van der Waals surface area (Å²) in [6.45, 7) is 0.254. The number of fused-ring (bicyclic) bond motifs is 1. The van der Waals surface area contributed by atoms with E-state index in [1.54, 1.807) is 0 Å². The van der Waals surface area contributed by atoms with Crippen molar-refractivity contribution in [2.45, 2.75) is 63.8 Å². The molecule has 0 saturated heterocycles. The molecular weight excluding hydrogens is 354 g/mol. The van der Waals surface area contributed by atoms with E-state index in [4.69, 9.17) is 5.11 Å². The number of aliphatic carboxylic acids is 1. The molecule has 1 atom stereocenters. The summed E-state index contributed by atoms with van der Waals surface area (Å²) in [6, 6.07) is 12.8. The highest BCUT2D eigenvalue weighted by Crippen LogP contribution is 2.20. The highest BCUT2D eigenvalue weighted by atomic mass is 16.4. The van der Waals surface area contributed by atoms with Crippen molar-refractivity contribution >= 4 is 22.6 Å². The molecule has 0 aromatic heterocycles. The summed E-state index contributed by atoms with van der Waals surface area (Å²) in [5.41, 5.74) is 0.925. The van der Waals surface area contributed by atoms with Gasteiger partial charge in [-0.15, -0.1) is 0 Å². The van der Waals surface area contributed by atoms with Gasteiger partial charge >= 0.3 is 5.97 Å². The summed E-state index contributed by atoms with van der Waals surface area (Å²) in [6.07, 6.45) is 7.56. The van der Waals surface area contributed by atoms with Crippen LogP contribution in [0, 0.1) is 0 Å². The van der Waals surface area contributed by atoms with Gasteiger partial charge in [0, 0.05) is 19.4 Å². The third kappa shape index (κ3) is 7.31. The second-order valence-electron chi connectivity index (χ2n) is 7.25. The smallest absolute Gasteiger partial charge is 0.326 e. The number of rotatable bonds is 13. The van der Waals surface area contributed by atoms with Crippen LogP contribution in [0.25, 0.3) is 10.8 Å². The van der Waals surface area contributed by atoms with Crippen molar-refractivity contribution in [3.8, 4) is 0 Å². The van der Waals surface area contributed by atoms with Gasteiger partial charge in [-0.05, 0) is 29.2 Å². The van der Waals surface area contributed by atoms with E-state index < -0.39 is 12.0 Å². The van der Waals surface area contributed by atoms with Gasteiger partial charge in [-0.25, -0.2) is 4.79 Å². The Bertz CT molecular complexity index is 754. The summed E-state index contributed by atoms with van der Waals surface area (Å²) in [5.74, 6) is -1.21. The molecule has 0 bridgehead atoms. The van der Waals surface area contributed by atoms with E-state index in [1.807, 2.05) is 42.5 Å². The van der Waals surface area contributed by atoms with Crippen LogP contribution in [0.1, 0.15) is 56.9 Å². The van der Waals surface area contributed by atoms with Crippen LogP contribution in [0.15, 0.2) is 42.5 Å². The first-order valence-corrected chi connectivity index (χ1v) is 10.2. The van der Waals surface area contributed by atoms with Crippen molar-refractivity contribution in [1.29, 1.82) is 0 Å². The lowest BCUT2D eigenvalue weighted by atomic mass is 9.98. The number of aliphatic hydroxyl groups is 1. The van der Waals surface area contributed by atoms with Crippen molar-refractivity contribution in [3.63, 3.8) is 0 Å². The van der Waals surface area contributed by atoms with Gasteiger partial charge < -0.3 is 15.5 Å². The van der Waals surface area contributed by atoms with Crippen LogP contribution in [0.4, 0.5) is 0 Å². The molecule has 0 aliphatic heterocycles. The molecule has 0 heterocycles. The van der Waals surface area contributed by atoms with Crippen LogP contribution >= 0.6 is 0 Å². The maximum Gasteiger partial charge on any atom is 0.326 e. The lowest BCUT2D eigenvalue weighted by Crippen LogP contribution is -2.42. The van der Waals surface area contributed by atoms with Crippen LogP contribution in [-0.2, 0) is 16.0 Å². The van der Waals surface area contributed by atoms with Crippen molar-refractivity contribution in [2.75, 3.05) is 6.61 Å². The van der Waals surface area contributed by atoms with Crippen LogP contribution < -0.4 is 5.32 Å². The van der Waals surface area contributed by atoms with Crippen LogP contribution in [-0.4, -0.2) is 34.7 Å². The average Bonchev–Trinajstić information content (AvgIpc) is 2.69. The number of aliphatic hydroxyl groups excluding tert-OH is 1. The molecule has 0 fully saturated rings. The van der Waals surface area contributed by atoms with Gasteiger partial charge in [0.1, 0.15) is 6.04 Å². The van der Waals surface area contributed by atoms with Crippen molar-refractivity contribution in [2.24, 2.45) is 0 Å². The SMILES string of the molecule is O=C(CCCCCCCCCO)N[C@@H](Cc1cccc2ccccc12)C(=O)O. The minimum atomic E-state index is -1.01. The number of hydrogen-bond acceptors (Lipinski definition) is 3. The van der Waals surface area contributed by atoms with Crippen LogP contribution in [0.3, 0.4) is 0 Å². The fraction of sp³-hybridized carbons (Fsp3) is 0.478. The molecule has 3 N–H and O–H groups in total. The highest BCUT2D eigenvalue weighted by Gasteiger charge is 2.21. The second kappa shape index (κ2) is 12.1. The van der Waals surface area contributed by atoms with Crippen molar-refractivity contribution in [1.82, 2.24) is 5.32 Å². The molecule has 28 heavy (non-hydrogen) atoms. The molecule has 5 heteroatoms. The molecule has 152 valence electrons.